The maximum absolute atomic E-state index is 14.3. The molecule has 0 atom stereocenters. The first-order valence-electron chi connectivity index (χ1n) is 7.43. The lowest BCUT2D eigenvalue weighted by atomic mass is 10.1. The second kappa shape index (κ2) is 7.40. The Morgan fingerprint density at radius 3 is 2.60 bits per heavy atom. The van der Waals surface area contributed by atoms with Crippen molar-refractivity contribution in [2.24, 2.45) is 0 Å². The topological polar surface area (TPSA) is 48.4 Å². The zero-order valence-corrected chi connectivity index (χ0v) is 14.0. The number of rotatable bonds is 5. The number of nitrogens with zero attached hydrogens (tertiary/aromatic N) is 1. The summed E-state index contributed by atoms with van der Waals surface area (Å²) in [6.07, 6.45) is 0. The molecule has 128 valence electrons. The molecule has 0 fully saturated rings. The van der Waals surface area contributed by atoms with Crippen molar-refractivity contribution in [1.29, 1.82) is 0 Å². The van der Waals surface area contributed by atoms with Crippen molar-refractivity contribution < 1.29 is 23.0 Å². The molecule has 0 saturated carbocycles. The average molecular weight is 361 g/mol. The Kier molecular flexibility index (Phi) is 5.04. The van der Waals surface area contributed by atoms with E-state index in [1.165, 1.54) is 36.4 Å². The number of halogens is 2. The zero-order valence-electron chi connectivity index (χ0n) is 13.2. The molecule has 3 aromatic rings. The number of hydrogen-bond acceptors (Lipinski definition) is 5. The predicted octanol–water partition coefficient (Wildman–Crippen LogP) is 5.06. The third-order valence-corrected chi connectivity index (χ3v) is 4.05. The smallest absolute Gasteiger partial charge is 0.367 e. The molecule has 7 heteroatoms. The molecule has 0 N–H and O–H groups in total. The summed E-state index contributed by atoms with van der Waals surface area (Å²) in [6, 6.07) is 9.64. The molecule has 4 nitrogen and oxygen atoms in total. The molecule has 25 heavy (non-hydrogen) atoms. The van der Waals surface area contributed by atoms with Crippen molar-refractivity contribution in [2.75, 3.05) is 6.61 Å². The first-order valence-corrected chi connectivity index (χ1v) is 8.31. The van der Waals surface area contributed by atoms with E-state index < -0.39 is 17.6 Å². The van der Waals surface area contributed by atoms with Crippen molar-refractivity contribution in [1.82, 2.24) is 4.98 Å². The van der Waals surface area contributed by atoms with Gasteiger partial charge >= 0.3 is 5.97 Å². The number of ether oxygens (including phenoxy) is 2. The van der Waals surface area contributed by atoms with E-state index in [-0.39, 0.29) is 17.4 Å². The average Bonchev–Trinajstić information content (AvgIpc) is 3.09. The van der Waals surface area contributed by atoms with Crippen LogP contribution in [0, 0.1) is 11.6 Å². The maximum Gasteiger partial charge on any atom is 0.367 e. The van der Waals surface area contributed by atoms with Crippen molar-refractivity contribution in [2.45, 2.75) is 6.92 Å². The Hall–Kier alpha value is -2.80. The van der Waals surface area contributed by atoms with Crippen LogP contribution >= 0.6 is 11.3 Å². The number of esters is 1. The van der Waals surface area contributed by atoms with Crippen LogP contribution in [-0.2, 0) is 4.74 Å². The fourth-order valence-corrected chi connectivity index (χ4v) is 2.78. The summed E-state index contributed by atoms with van der Waals surface area (Å²) in [6.45, 7) is 1.97. The molecule has 0 aliphatic rings. The third-order valence-electron chi connectivity index (χ3n) is 3.22. The van der Waals surface area contributed by atoms with Gasteiger partial charge in [0.05, 0.1) is 12.3 Å². The second-order valence-corrected chi connectivity index (χ2v) is 5.82. The van der Waals surface area contributed by atoms with Gasteiger partial charge in [-0.3, -0.25) is 0 Å². The zero-order chi connectivity index (χ0) is 17.8. The molecule has 2 aromatic carbocycles. The van der Waals surface area contributed by atoms with Gasteiger partial charge in [-0.05, 0) is 49.4 Å². The van der Waals surface area contributed by atoms with Crippen LogP contribution in [-0.4, -0.2) is 17.6 Å². The number of hydrogen-bond donors (Lipinski definition) is 0. The van der Waals surface area contributed by atoms with E-state index in [1.54, 1.807) is 18.4 Å². The van der Waals surface area contributed by atoms with E-state index in [2.05, 4.69) is 4.98 Å². The highest BCUT2D eigenvalue weighted by Gasteiger charge is 2.14. The molecule has 0 bridgehead atoms. The molecular formula is C18H13F2NO3S. The maximum atomic E-state index is 14.3. The van der Waals surface area contributed by atoms with E-state index in [0.717, 1.165) is 11.3 Å². The summed E-state index contributed by atoms with van der Waals surface area (Å²) in [5, 5.41) is 1.87. The largest absolute Gasteiger partial charge is 0.461 e. The molecule has 1 heterocycles. The van der Waals surface area contributed by atoms with Crippen LogP contribution in [0.2, 0.25) is 0 Å². The Morgan fingerprint density at radius 2 is 1.92 bits per heavy atom. The molecule has 0 amide bonds. The lowest BCUT2D eigenvalue weighted by Crippen LogP contribution is -2.03. The minimum atomic E-state index is -0.590. The van der Waals surface area contributed by atoms with Crippen LogP contribution in [0.25, 0.3) is 11.3 Å². The van der Waals surface area contributed by atoms with Gasteiger partial charge in [-0.15, -0.1) is 11.3 Å². The predicted molar refractivity (Wildman–Crippen MR) is 89.9 cm³/mol. The fraction of sp³-hybridized carbons (Fsp3) is 0.111. The van der Waals surface area contributed by atoms with Gasteiger partial charge < -0.3 is 9.47 Å². The molecule has 0 saturated heterocycles. The number of aromatic nitrogens is 1. The van der Waals surface area contributed by atoms with E-state index >= 15 is 0 Å². The Bertz CT molecular complexity index is 894. The molecular weight excluding hydrogens is 348 g/mol. The van der Waals surface area contributed by atoms with E-state index in [9.17, 15) is 13.6 Å². The van der Waals surface area contributed by atoms with Crippen molar-refractivity contribution in [3.8, 4) is 22.8 Å². The van der Waals surface area contributed by atoms with Crippen LogP contribution in [0.5, 0.6) is 11.5 Å². The quantitative estimate of drug-likeness (QED) is 0.596. The lowest BCUT2D eigenvalue weighted by Gasteiger charge is -2.07. The van der Waals surface area contributed by atoms with Crippen LogP contribution in [0.1, 0.15) is 16.7 Å². The van der Waals surface area contributed by atoms with Gasteiger partial charge in [0, 0.05) is 10.9 Å². The summed E-state index contributed by atoms with van der Waals surface area (Å²) in [7, 11) is 0. The third kappa shape index (κ3) is 4.00. The van der Waals surface area contributed by atoms with Crippen LogP contribution < -0.4 is 4.74 Å². The summed E-state index contributed by atoms with van der Waals surface area (Å²) >= 11 is 1.13. The summed E-state index contributed by atoms with van der Waals surface area (Å²) in [4.78, 5) is 15.8. The molecule has 3 rings (SSSR count). The number of carbonyl (C=O) groups excluding carboxylic acids is 1. The van der Waals surface area contributed by atoms with Crippen LogP contribution in [0.15, 0.2) is 47.8 Å². The number of thiazole rings is 1. The molecule has 0 unspecified atom stereocenters. The van der Waals surface area contributed by atoms with Gasteiger partial charge in [-0.2, -0.15) is 0 Å². The summed E-state index contributed by atoms with van der Waals surface area (Å²) in [5.41, 5.74) is 0.982. The Balaban J connectivity index is 1.80. The minimum Gasteiger partial charge on any atom is -0.461 e. The highest BCUT2D eigenvalue weighted by atomic mass is 32.1. The number of carbonyl (C=O) groups is 1. The molecule has 0 radical (unpaired) electrons. The van der Waals surface area contributed by atoms with Gasteiger partial charge in [0.15, 0.2) is 11.6 Å². The normalized spacial score (nSPS) is 10.5. The Morgan fingerprint density at radius 1 is 1.16 bits per heavy atom. The molecule has 0 aliphatic carbocycles. The van der Waals surface area contributed by atoms with E-state index in [0.29, 0.717) is 17.0 Å². The van der Waals surface area contributed by atoms with Gasteiger partial charge in [-0.25, -0.2) is 18.6 Å². The van der Waals surface area contributed by atoms with Crippen molar-refractivity contribution in [3.63, 3.8) is 0 Å². The van der Waals surface area contributed by atoms with Crippen molar-refractivity contribution >= 4 is 17.3 Å². The second-order valence-electron chi connectivity index (χ2n) is 4.96. The van der Waals surface area contributed by atoms with Crippen LogP contribution in [0.3, 0.4) is 0 Å². The molecule has 0 spiro atoms. The number of benzene rings is 2. The van der Waals surface area contributed by atoms with E-state index in [4.69, 9.17) is 9.47 Å². The first kappa shape index (κ1) is 17.0. The standard InChI is InChI=1S/C18H13F2NO3S/c1-2-23-18(22)17-21-15(10-25-17)11-3-8-16(14(20)9-11)24-13-6-4-12(19)5-7-13/h3-10H,2H2,1H3. The first-order chi connectivity index (χ1) is 12.1. The summed E-state index contributed by atoms with van der Waals surface area (Å²) < 4.78 is 37.4. The monoisotopic (exact) mass is 361 g/mol. The van der Waals surface area contributed by atoms with E-state index in [1.807, 2.05) is 0 Å². The Labute approximate surface area is 146 Å². The highest BCUT2D eigenvalue weighted by molar-refractivity contribution is 7.11. The molecule has 0 aliphatic heterocycles. The van der Waals surface area contributed by atoms with Crippen LogP contribution in [0.4, 0.5) is 8.78 Å². The fourth-order valence-electron chi connectivity index (χ4n) is 2.07. The molecule has 1 aromatic heterocycles. The summed E-state index contributed by atoms with van der Waals surface area (Å²) in [5.74, 6) is -1.16. The van der Waals surface area contributed by atoms with Crippen molar-refractivity contribution in [3.05, 3.63) is 64.5 Å². The SMILES string of the molecule is CCOC(=O)c1nc(-c2ccc(Oc3ccc(F)cc3)c(F)c2)cs1. The van der Waals surface area contributed by atoms with Gasteiger partial charge in [0.25, 0.3) is 0 Å². The highest BCUT2D eigenvalue weighted by Crippen LogP contribution is 2.29. The minimum absolute atomic E-state index is 0.0104. The van der Waals surface area contributed by atoms with Gasteiger partial charge in [0.1, 0.15) is 11.6 Å². The van der Waals surface area contributed by atoms with Gasteiger partial charge in [0.2, 0.25) is 5.01 Å². The van der Waals surface area contributed by atoms with Gasteiger partial charge in [-0.1, -0.05) is 0 Å². The lowest BCUT2D eigenvalue weighted by molar-refractivity contribution is 0.0526.